The molecule has 1 unspecified atom stereocenters. The van der Waals surface area contributed by atoms with Gasteiger partial charge in [-0.2, -0.15) is 13.2 Å². The van der Waals surface area contributed by atoms with Crippen LogP contribution in [0.1, 0.15) is 60.9 Å². The van der Waals surface area contributed by atoms with Crippen molar-refractivity contribution in [2.75, 3.05) is 26.1 Å². The fourth-order valence-electron chi connectivity index (χ4n) is 4.34. The van der Waals surface area contributed by atoms with Crippen molar-refractivity contribution < 1.29 is 46.3 Å². The maximum Gasteiger partial charge on any atom is 0.416 e. The van der Waals surface area contributed by atoms with Gasteiger partial charge in [-0.25, -0.2) is 19.0 Å². The van der Waals surface area contributed by atoms with Gasteiger partial charge in [0.05, 0.1) is 42.0 Å². The van der Waals surface area contributed by atoms with Crippen molar-refractivity contribution in [3.63, 3.8) is 0 Å². The highest BCUT2D eigenvalue weighted by Gasteiger charge is 2.33. The first-order valence-corrected chi connectivity index (χ1v) is 13.5. The summed E-state index contributed by atoms with van der Waals surface area (Å²) in [7, 11) is 2.35. The molecular formula is C30H32F4N4O7. The van der Waals surface area contributed by atoms with Gasteiger partial charge in [-0.1, -0.05) is 0 Å². The van der Waals surface area contributed by atoms with Crippen LogP contribution in [0.15, 0.2) is 48.5 Å². The predicted molar refractivity (Wildman–Crippen MR) is 155 cm³/mol. The molecule has 0 spiro atoms. The van der Waals surface area contributed by atoms with Gasteiger partial charge in [0.2, 0.25) is 5.88 Å². The Morgan fingerprint density at radius 2 is 1.71 bits per heavy atom. The second-order valence-electron chi connectivity index (χ2n) is 10.8. The van der Waals surface area contributed by atoms with Crippen molar-refractivity contribution in [1.82, 2.24) is 9.88 Å². The molecule has 1 N–H and O–H groups in total. The molecule has 0 radical (unpaired) electrons. The zero-order valence-electron chi connectivity index (χ0n) is 25.3. The highest BCUT2D eigenvalue weighted by atomic mass is 19.4. The van der Waals surface area contributed by atoms with Crippen LogP contribution >= 0.6 is 0 Å². The number of anilines is 2. The zero-order valence-corrected chi connectivity index (χ0v) is 25.3. The van der Waals surface area contributed by atoms with E-state index in [1.165, 1.54) is 30.2 Å². The Morgan fingerprint density at radius 3 is 2.29 bits per heavy atom. The molecule has 0 saturated carbocycles. The number of halogens is 4. The summed E-state index contributed by atoms with van der Waals surface area (Å²) in [6.45, 7) is 6.27. The van der Waals surface area contributed by atoms with Crippen LogP contribution < -0.4 is 10.1 Å². The molecule has 1 heterocycles. The lowest BCUT2D eigenvalue weighted by atomic mass is 10.0. The highest BCUT2D eigenvalue weighted by Crippen LogP contribution is 2.36. The van der Waals surface area contributed by atoms with Gasteiger partial charge in [0.15, 0.2) is 0 Å². The van der Waals surface area contributed by atoms with Crippen LogP contribution in [0, 0.1) is 15.9 Å². The number of methoxy groups -OCH3 is 2. The number of carbonyl (C=O) groups excluding carboxylic acids is 2. The number of benzene rings is 2. The quantitative estimate of drug-likeness (QED) is 0.106. The Morgan fingerprint density at radius 1 is 1.04 bits per heavy atom. The maximum atomic E-state index is 14.6. The molecule has 0 aliphatic heterocycles. The molecule has 0 aliphatic rings. The first-order valence-electron chi connectivity index (χ1n) is 13.5. The van der Waals surface area contributed by atoms with Crippen molar-refractivity contribution in [2.45, 2.75) is 51.9 Å². The van der Waals surface area contributed by atoms with Crippen molar-refractivity contribution in [2.24, 2.45) is 0 Å². The number of ether oxygens (including phenoxy) is 3. The number of amides is 1. The molecular weight excluding hydrogens is 604 g/mol. The largest absolute Gasteiger partial charge is 0.481 e. The third-order valence-electron chi connectivity index (χ3n) is 6.50. The first kappa shape index (κ1) is 34.5. The third-order valence-corrected chi connectivity index (χ3v) is 6.50. The van der Waals surface area contributed by atoms with Gasteiger partial charge in [0.1, 0.15) is 17.1 Å². The molecule has 0 aliphatic carbocycles. The summed E-state index contributed by atoms with van der Waals surface area (Å²) in [6, 6.07) is 7.49. The summed E-state index contributed by atoms with van der Waals surface area (Å²) < 4.78 is 70.1. The van der Waals surface area contributed by atoms with Gasteiger partial charge >= 0.3 is 18.2 Å². The molecule has 3 aromatic rings. The van der Waals surface area contributed by atoms with Gasteiger partial charge in [-0.15, -0.1) is 0 Å². The van der Waals surface area contributed by atoms with Crippen LogP contribution in [0.25, 0.3) is 0 Å². The molecule has 0 saturated heterocycles. The van der Waals surface area contributed by atoms with E-state index in [1.807, 2.05) is 0 Å². The van der Waals surface area contributed by atoms with E-state index in [4.69, 9.17) is 9.47 Å². The zero-order chi connectivity index (χ0) is 33.7. The number of pyridine rings is 1. The maximum absolute atomic E-state index is 14.6. The van der Waals surface area contributed by atoms with E-state index in [9.17, 15) is 37.3 Å². The average Bonchev–Trinajstić information content (AvgIpc) is 2.96. The van der Waals surface area contributed by atoms with Gasteiger partial charge in [-0.3, -0.25) is 10.1 Å². The number of hydrogen-bond donors (Lipinski definition) is 1. The summed E-state index contributed by atoms with van der Waals surface area (Å²) in [4.78, 5) is 42.3. The number of nitro groups is 1. The summed E-state index contributed by atoms with van der Waals surface area (Å²) in [5.41, 5.74) is -2.53. The second-order valence-corrected chi connectivity index (χ2v) is 10.8. The van der Waals surface area contributed by atoms with Crippen molar-refractivity contribution >= 4 is 29.1 Å². The molecule has 3 rings (SSSR count). The second kappa shape index (κ2) is 13.8. The molecule has 1 amide bonds. The third kappa shape index (κ3) is 8.80. The van der Waals surface area contributed by atoms with E-state index in [0.29, 0.717) is 6.07 Å². The number of rotatable bonds is 10. The summed E-state index contributed by atoms with van der Waals surface area (Å²) in [5.74, 6) is -1.64. The van der Waals surface area contributed by atoms with E-state index in [1.54, 1.807) is 27.7 Å². The van der Waals surface area contributed by atoms with Crippen molar-refractivity contribution in [3.05, 3.63) is 86.8 Å². The lowest BCUT2D eigenvalue weighted by Crippen LogP contribution is -2.40. The lowest BCUT2D eigenvalue weighted by Gasteiger charge is -2.33. The van der Waals surface area contributed by atoms with Crippen LogP contribution in [0.5, 0.6) is 5.88 Å². The van der Waals surface area contributed by atoms with E-state index in [0.717, 1.165) is 31.4 Å². The summed E-state index contributed by atoms with van der Waals surface area (Å²) in [6.07, 6.45) is -5.70. The standard InChI is InChI=1S/C30H32F4N4O7/c1-17(37(28(40)45-29(2,3)4)14-13-24-25(38(41)42)11-12-26(36-24)43-5)20-16-19(31)8-10-22(20)35-23-9-7-18(30(32,33)34)15-21(23)27(39)44-6/h7-12,15-17,35H,13-14H2,1-6H3. The van der Waals surface area contributed by atoms with Crippen LogP contribution in [0.2, 0.25) is 0 Å². The van der Waals surface area contributed by atoms with Crippen LogP contribution in [-0.4, -0.2) is 53.2 Å². The number of esters is 1. The molecule has 1 atom stereocenters. The van der Waals surface area contributed by atoms with E-state index in [2.05, 4.69) is 15.0 Å². The Labute approximate surface area is 256 Å². The van der Waals surface area contributed by atoms with Crippen LogP contribution in [-0.2, 0) is 22.1 Å². The lowest BCUT2D eigenvalue weighted by molar-refractivity contribution is -0.386. The molecule has 45 heavy (non-hydrogen) atoms. The Balaban J connectivity index is 2.07. The van der Waals surface area contributed by atoms with Gasteiger partial charge in [-0.05, 0) is 64.1 Å². The number of alkyl halides is 3. The fraction of sp³-hybridized carbons (Fsp3) is 0.367. The Kier molecular flexibility index (Phi) is 10.6. The van der Waals surface area contributed by atoms with Crippen LogP contribution in [0.3, 0.4) is 0 Å². The topological polar surface area (TPSA) is 133 Å². The van der Waals surface area contributed by atoms with E-state index < -0.39 is 51.7 Å². The molecule has 2 aromatic carbocycles. The molecule has 0 bridgehead atoms. The molecule has 1 aromatic heterocycles. The number of aromatic nitrogens is 1. The van der Waals surface area contributed by atoms with E-state index >= 15 is 0 Å². The van der Waals surface area contributed by atoms with E-state index in [-0.39, 0.29) is 47.2 Å². The Bertz CT molecular complexity index is 1570. The fourth-order valence-corrected chi connectivity index (χ4v) is 4.34. The summed E-state index contributed by atoms with van der Waals surface area (Å²) in [5, 5.41) is 14.5. The number of nitrogens with zero attached hydrogens (tertiary/aromatic N) is 3. The van der Waals surface area contributed by atoms with Gasteiger partial charge < -0.3 is 24.4 Å². The van der Waals surface area contributed by atoms with Gasteiger partial charge in [0.25, 0.3) is 5.69 Å². The monoisotopic (exact) mass is 636 g/mol. The molecule has 15 heteroatoms. The molecule has 0 fully saturated rings. The summed E-state index contributed by atoms with van der Waals surface area (Å²) >= 11 is 0. The Hall–Kier alpha value is -4.95. The van der Waals surface area contributed by atoms with Crippen molar-refractivity contribution in [3.8, 4) is 5.88 Å². The molecule has 242 valence electrons. The first-order chi connectivity index (χ1) is 20.9. The molecule has 11 nitrogen and oxygen atoms in total. The average molecular weight is 637 g/mol. The SMILES string of the molecule is COC(=O)c1cc(C(F)(F)F)ccc1Nc1ccc(F)cc1C(C)N(CCc1nc(OC)ccc1[N+](=O)[O-])C(=O)OC(C)(C)C. The highest BCUT2D eigenvalue weighted by molar-refractivity contribution is 5.97. The number of carbonyl (C=O) groups is 2. The minimum absolute atomic E-state index is 0.0187. The van der Waals surface area contributed by atoms with Gasteiger partial charge in [0, 0.05) is 36.3 Å². The predicted octanol–water partition coefficient (Wildman–Crippen LogP) is 7.23. The normalized spacial score (nSPS) is 12.2. The number of nitrogens with one attached hydrogen (secondary N) is 1. The van der Waals surface area contributed by atoms with Crippen molar-refractivity contribution in [1.29, 1.82) is 0 Å². The smallest absolute Gasteiger partial charge is 0.416 e. The number of hydrogen-bond acceptors (Lipinski definition) is 9. The minimum atomic E-state index is -4.74. The minimum Gasteiger partial charge on any atom is -0.481 e. The van der Waals surface area contributed by atoms with Crippen LogP contribution in [0.4, 0.5) is 39.4 Å².